The number of hydrogen-bond donors (Lipinski definition) is 2. The van der Waals surface area contributed by atoms with Crippen molar-refractivity contribution in [2.75, 3.05) is 11.9 Å². The Kier molecular flexibility index (Phi) is 4.91. The quantitative estimate of drug-likeness (QED) is 0.837. The number of nitrogens with one attached hydrogen (secondary N) is 1. The predicted molar refractivity (Wildman–Crippen MR) is 71.0 cm³/mol. The molecule has 1 aromatic carbocycles. The number of rotatable bonds is 4. The van der Waals surface area contributed by atoms with E-state index in [-0.39, 0.29) is 12.2 Å². The maximum atomic E-state index is 11.3. The van der Waals surface area contributed by atoms with Gasteiger partial charge in [0.25, 0.3) is 0 Å². The van der Waals surface area contributed by atoms with Crippen molar-refractivity contribution in [3.8, 4) is 0 Å². The topological polar surface area (TPSA) is 75.6 Å². The normalized spacial score (nSPS) is 9.67. The zero-order chi connectivity index (χ0) is 13.7. The van der Waals surface area contributed by atoms with Gasteiger partial charge in [0.2, 0.25) is 0 Å². The Balaban J connectivity index is 2.91. The molecule has 0 aromatic heterocycles. The molecule has 0 atom stereocenters. The second-order valence-corrected chi connectivity index (χ2v) is 4.32. The van der Waals surface area contributed by atoms with E-state index in [0.717, 1.165) is 0 Å². The van der Waals surface area contributed by atoms with Gasteiger partial charge in [-0.2, -0.15) is 0 Å². The van der Waals surface area contributed by atoms with Crippen LogP contribution in [0, 0.1) is 6.92 Å². The summed E-state index contributed by atoms with van der Waals surface area (Å²) in [5, 5.41) is 11.4. The van der Waals surface area contributed by atoms with Crippen molar-refractivity contribution in [3.63, 3.8) is 0 Å². The van der Waals surface area contributed by atoms with Crippen molar-refractivity contribution in [2.24, 2.45) is 0 Å². The summed E-state index contributed by atoms with van der Waals surface area (Å²) in [4.78, 5) is 22.2. The third-order valence-electron chi connectivity index (χ3n) is 2.11. The number of hydrogen-bond acceptors (Lipinski definition) is 3. The molecule has 1 aromatic rings. The molecule has 0 unspecified atom stereocenters. The molecular formula is C12H12BrNO4. The number of ether oxygens (including phenoxy) is 1. The van der Waals surface area contributed by atoms with E-state index >= 15 is 0 Å². The van der Waals surface area contributed by atoms with E-state index in [0.29, 0.717) is 15.7 Å². The highest BCUT2D eigenvalue weighted by Crippen LogP contribution is 2.25. The van der Waals surface area contributed by atoms with Crippen molar-refractivity contribution in [3.05, 3.63) is 40.4 Å². The molecule has 5 nitrogen and oxygen atoms in total. The molecule has 0 aliphatic heterocycles. The van der Waals surface area contributed by atoms with Gasteiger partial charge in [-0.25, -0.2) is 9.59 Å². The Morgan fingerprint density at radius 3 is 2.78 bits per heavy atom. The number of benzene rings is 1. The van der Waals surface area contributed by atoms with Crippen LogP contribution in [0.25, 0.3) is 0 Å². The summed E-state index contributed by atoms with van der Waals surface area (Å²) in [6.07, 6.45) is 0.837. The molecule has 0 spiro atoms. The summed E-state index contributed by atoms with van der Waals surface area (Å²) in [5.41, 5.74) is 1.25. The number of aryl methyl sites for hydroxylation is 1. The number of anilines is 1. The summed E-state index contributed by atoms with van der Waals surface area (Å²) in [7, 11) is 0. The van der Waals surface area contributed by atoms with Gasteiger partial charge in [0.05, 0.1) is 5.56 Å². The standard InChI is InChI=1S/C12H12BrNO4/c1-3-4-18-12(17)14-10-6-9(13)8(11(15)16)5-7(10)2/h3,5-6H,1,4H2,2H3,(H,14,17)(H,15,16). The monoisotopic (exact) mass is 313 g/mol. The van der Waals surface area contributed by atoms with Gasteiger partial charge in [0.1, 0.15) is 6.61 Å². The van der Waals surface area contributed by atoms with Gasteiger partial charge < -0.3 is 9.84 Å². The minimum absolute atomic E-state index is 0.110. The largest absolute Gasteiger partial charge is 0.478 e. The number of carbonyl (C=O) groups excluding carboxylic acids is 1. The van der Waals surface area contributed by atoms with Crippen LogP contribution < -0.4 is 5.32 Å². The number of aromatic carboxylic acids is 1. The molecule has 1 rings (SSSR count). The van der Waals surface area contributed by atoms with E-state index < -0.39 is 12.1 Å². The summed E-state index contributed by atoms with van der Waals surface area (Å²) >= 11 is 3.14. The Morgan fingerprint density at radius 1 is 1.56 bits per heavy atom. The molecule has 0 saturated heterocycles. The predicted octanol–water partition coefficient (Wildman–Crippen LogP) is 3.19. The number of carbonyl (C=O) groups is 2. The molecule has 0 aliphatic rings. The van der Waals surface area contributed by atoms with E-state index in [2.05, 4.69) is 27.8 Å². The molecule has 0 saturated carbocycles. The van der Waals surface area contributed by atoms with Gasteiger partial charge in [0, 0.05) is 10.2 Å². The first-order chi connectivity index (χ1) is 8.45. The molecule has 96 valence electrons. The van der Waals surface area contributed by atoms with Gasteiger partial charge in [-0.05, 0) is 40.5 Å². The van der Waals surface area contributed by atoms with Crippen LogP contribution >= 0.6 is 15.9 Å². The average Bonchev–Trinajstić information content (AvgIpc) is 2.30. The zero-order valence-electron chi connectivity index (χ0n) is 9.70. The van der Waals surface area contributed by atoms with Gasteiger partial charge >= 0.3 is 12.1 Å². The second-order valence-electron chi connectivity index (χ2n) is 3.46. The third kappa shape index (κ3) is 3.59. The maximum absolute atomic E-state index is 11.3. The van der Waals surface area contributed by atoms with Gasteiger partial charge in [-0.15, -0.1) is 0 Å². The fraction of sp³-hybridized carbons (Fsp3) is 0.167. The highest BCUT2D eigenvalue weighted by atomic mass is 79.9. The lowest BCUT2D eigenvalue weighted by Crippen LogP contribution is -2.14. The third-order valence-corrected chi connectivity index (χ3v) is 2.77. The first-order valence-corrected chi connectivity index (χ1v) is 5.83. The summed E-state index contributed by atoms with van der Waals surface area (Å²) < 4.78 is 5.16. The number of carboxylic acids is 1. The smallest absolute Gasteiger partial charge is 0.411 e. The van der Waals surface area contributed by atoms with E-state index in [4.69, 9.17) is 9.84 Å². The molecule has 2 N–H and O–H groups in total. The lowest BCUT2D eigenvalue weighted by molar-refractivity contribution is 0.0696. The van der Waals surface area contributed by atoms with E-state index in [9.17, 15) is 9.59 Å². The SMILES string of the molecule is C=CCOC(=O)Nc1cc(Br)c(C(=O)O)cc1C. The molecule has 18 heavy (non-hydrogen) atoms. The lowest BCUT2D eigenvalue weighted by Gasteiger charge is -2.10. The van der Waals surface area contributed by atoms with E-state index in [1.807, 2.05) is 0 Å². The molecule has 1 amide bonds. The summed E-state index contributed by atoms with van der Waals surface area (Å²) in [5.74, 6) is -1.04. The van der Waals surface area contributed by atoms with Crippen LogP contribution in [0.5, 0.6) is 0 Å². The van der Waals surface area contributed by atoms with Crippen LogP contribution in [0.15, 0.2) is 29.3 Å². The van der Waals surface area contributed by atoms with Crippen molar-refractivity contribution in [2.45, 2.75) is 6.92 Å². The molecule has 0 heterocycles. The van der Waals surface area contributed by atoms with Gasteiger partial charge in [0.15, 0.2) is 0 Å². The molecule has 6 heteroatoms. The minimum atomic E-state index is -1.04. The van der Waals surface area contributed by atoms with Crippen molar-refractivity contribution in [1.82, 2.24) is 0 Å². The van der Waals surface area contributed by atoms with Crippen LogP contribution in [0.3, 0.4) is 0 Å². The fourth-order valence-electron chi connectivity index (χ4n) is 1.26. The van der Waals surface area contributed by atoms with Crippen LogP contribution in [-0.2, 0) is 4.74 Å². The molecular weight excluding hydrogens is 302 g/mol. The van der Waals surface area contributed by atoms with Crippen LogP contribution in [0.1, 0.15) is 15.9 Å². The first-order valence-electron chi connectivity index (χ1n) is 5.03. The Morgan fingerprint density at radius 2 is 2.22 bits per heavy atom. The van der Waals surface area contributed by atoms with Crippen molar-refractivity contribution < 1.29 is 19.4 Å². The van der Waals surface area contributed by atoms with Crippen LogP contribution in [-0.4, -0.2) is 23.8 Å². The molecule has 0 radical (unpaired) electrons. The number of amides is 1. The summed E-state index contributed by atoms with van der Waals surface area (Å²) in [6.45, 7) is 5.23. The Hall–Kier alpha value is -1.82. The van der Waals surface area contributed by atoms with Gasteiger partial charge in [-0.1, -0.05) is 12.7 Å². The minimum Gasteiger partial charge on any atom is -0.478 e. The Labute approximate surface area is 113 Å². The maximum Gasteiger partial charge on any atom is 0.411 e. The van der Waals surface area contributed by atoms with Crippen LogP contribution in [0.4, 0.5) is 10.5 Å². The average molecular weight is 314 g/mol. The first kappa shape index (κ1) is 14.2. The van der Waals surface area contributed by atoms with Gasteiger partial charge in [-0.3, -0.25) is 5.32 Å². The highest BCUT2D eigenvalue weighted by molar-refractivity contribution is 9.10. The fourth-order valence-corrected chi connectivity index (χ4v) is 1.77. The van der Waals surface area contributed by atoms with E-state index in [1.54, 1.807) is 6.92 Å². The molecule has 0 fully saturated rings. The Bertz CT molecular complexity index is 499. The molecule has 0 aliphatic carbocycles. The van der Waals surface area contributed by atoms with Crippen LogP contribution in [0.2, 0.25) is 0 Å². The van der Waals surface area contributed by atoms with Crippen molar-refractivity contribution in [1.29, 1.82) is 0 Å². The lowest BCUT2D eigenvalue weighted by atomic mass is 10.1. The van der Waals surface area contributed by atoms with E-state index in [1.165, 1.54) is 18.2 Å². The zero-order valence-corrected chi connectivity index (χ0v) is 11.3. The number of carboxylic acid groups (broad SMARTS) is 1. The highest BCUT2D eigenvalue weighted by Gasteiger charge is 2.13. The second kappa shape index (κ2) is 6.20. The number of halogens is 1. The summed E-state index contributed by atoms with van der Waals surface area (Å²) in [6, 6.07) is 2.99. The van der Waals surface area contributed by atoms with Crippen molar-refractivity contribution >= 4 is 33.7 Å². The molecule has 0 bridgehead atoms.